The monoisotopic (exact) mass is 568 g/mol. The van der Waals surface area contributed by atoms with Gasteiger partial charge in [0.05, 0.1) is 6.10 Å². The largest absolute Gasteiger partial charge is 0.387 e. The SMILES string of the molecule is CCN1C(=O)[C@@H](CNc2cccc(NC(=O)CCN3CCCC3)c2)SC1[C@H](N)C(=O)NCC(O)c1ccccc1. The normalized spacial score (nSPS) is 20.8. The molecule has 10 nitrogen and oxygen atoms in total. The van der Waals surface area contributed by atoms with Crippen LogP contribution in [0.2, 0.25) is 0 Å². The minimum absolute atomic E-state index is 0.0180. The van der Waals surface area contributed by atoms with Crippen molar-refractivity contribution in [1.82, 2.24) is 15.1 Å². The van der Waals surface area contributed by atoms with Crippen LogP contribution in [0.1, 0.15) is 37.9 Å². The molecule has 2 saturated heterocycles. The number of nitrogens with two attached hydrogens (primary N) is 1. The van der Waals surface area contributed by atoms with Gasteiger partial charge >= 0.3 is 0 Å². The van der Waals surface area contributed by atoms with Crippen molar-refractivity contribution in [2.45, 2.75) is 49.0 Å². The first-order valence-electron chi connectivity index (χ1n) is 13.9. The maximum Gasteiger partial charge on any atom is 0.240 e. The predicted octanol–water partition coefficient (Wildman–Crippen LogP) is 1.99. The van der Waals surface area contributed by atoms with Crippen LogP contribution in [0.3, 0.4) is 0 Å². The number of likely N-dealkylation sites (N-methyl/N-ethyl adjacent to an activating group) is 1. The molecule has 0 saturated carbocycles. The van der Waals surface area contributed by atoms with Crippen LogP contribution >= 0.6 is 11.8 Å². The first-order valence-corrected chi connectivity index (χ1v) is 14.9. The van der Waals surface area contributed by atoms with E-state index in [1.165, 1.54) is 24.6 Å². The number of hydrogen-bond acceptors (Lipinski definition) is 8. The highest BCUT2D eigenvalue weighted by atomic mass is 32.2. The lowest BCUT2D eigenvalue weighted by Gasteiger charge is -2.27. The Labute approximate surface area is 240 Å². The fourth-order valence-electron chi connectivity index (χ4n) is 5.00. The van der Waals surface area contributed by atoms with Gasteiger partial charge in [-0.3, -0.25) is 14.4 Å². The number of aliphatic hydroxyl groups is 1. The Balaban J connectivity index is 1.26. The Morgan fingerprint density at radius 3 is 2.55 bits per heavy atom. The van der Waals surface area contributed by atoms with Crippen molar-refractivity contribution in [3.63, 3.8) is 0 Å². The molecule has 216 valence electrons. The molecule has 2 fully saturated rings. The van der Waals surface area contributed by atoms with Crippen molar-refractivity contribution in [2.24, 2.45) is 5.73 Å². The topological polar surface area (TPSA) is 140 Å². The van der Waals surface area contributed by atoms with Crippen LogP contribution in [0.15, 0.2) is 54.6 Å². The van der Waals surface area contributed by atoms with Crippen LogP contribution in [0.25, 0.3) is 0 Å². The zero-order chi connectivity index (χ0) is 28.5. The molecule has 40 heavy (non-hydrogen) atoms. The van der Waals surface area contributed by atoms with Crippen molar-refractivity contribution in [1.29, 1.82) is 0 Å². The van der Waals surface area contributed by atoms with E-state index in [2.05, 4.69) is 20.9 Å². The average molecular weight is 569 g/mol. The van der Waals surface area contributed by atoms with Gasteiger partial charge in [-0.15, -0.1) is 11.8 Å². The third kappa shape index (κ3) is 7.97. The van der Waals surface area contributed by atoms with Gasteiger partial charge in [0.2, 0.25) is 17.7 Å². The van der Waals surface area contributed by atoms with Gasteiger partial charge in [-0.05, 0) is 56.6 Å². The highest BCUT2D eigenvalue weighted by Crippen LogP contribution is 2.33. The summed E-state index contributed by atoms with van der Waals surface area (Å²) in [4.78, 5) is 42.3. The fourth-order valence-corrected chi connectivity index (χ4v) is 6.47. The van der Waals surface area contributed by atoms with Gasteiger partial charge in [0.15, 0.2) is 0 Å². The molecule has 4 rings (SSSR count). The number of thioether (sulfide) groups is 1. The number of anilines is 2. The van der Waals surface area contributed by atoms with E-state index in [1.54, 1.807) is 17.0 Å². The summed E-state index contributed by atoms with van der Waals surface area (Å²) in [5.41, 5.74) is 8.49. The van der Waals surface area contributed by atoms with Crippen LogP contribution in [0.5, 0.6) is 0 Å². The summed E-state index contributed by atoms with van der Waals surface area (Å²) in [6.07, 6.45) is 2.01. The highest BCUT2D eigenvalue weighted by Gasteiger charge is 2.44. The summed E-state index contributed by atoms with van der Waals surface area (Å²) in [6, 6.07) is 15.6. The lowest BCUT2D eigenvalue weighted by Crippen LogP contribution is -2.53. The van der Waals surface area contributed by atoms with E-state index >= 15 is 0 Å². The molecule has 3 amide bonds. The number of hydrogen-bond donors (Lipinski definition) is 5. The molecule has 4 atom stereocenters. The summed E-state index contributed by atoms with van der Waals surface area (Å²) in [5.74, 6) is -0.514. The van der Waals surface area contributed by atoms with Crippen LogP contribution in [-0.2, 0) is 14.4 Å². The number of nitrogens with zero attached hydrogens (tertiary/aromatic N) is 2. The van der Waals surface area contributed by atoms with E-state index in [1.807, 2.05) is 49.4 Å². The van der Waals surface area contributed by atoms with E-state index in [-0.39, 0.29) is 18.4 Å². The Bertz CT molecular complexity index is 1150. The second-order valence-corrected chi connectivity index (χ2v) is 11.5. The molecule has 0 aliphatic carbocycles. The lowest BCUT2D eigenvalue weighted by molar-refractivity contribution is -0.131. The Kier molecular flexibility index (Phi) is 10.8. The third-order valence-electron chi connectivity index (χ3n) is 7.27. The number of carbonyl (C=O) groups is 3. The number of benzene rings is 2. The Morgan fingerprint density at radius 1 is 1.10 bits per heavy atom. The number of amides is 3. The van der Waals surface area contributed by atoms with Gasteiger partial charge in [-0.25, -0.2) is 0 Å². The van der Waals surface area contributed by atoms with Gasteiger partial charge in [0, 0.05) is 44.0 Å². The van der Waals surface area contributed by atoms with Crippen molar-refractivity contribution < 1.29 is 19.5 Å². The minimum atomic E-state index is -0.944. The molecule has 0 aromatic heterocycles. The van der Waals surface area contributed by atoms with Crippen molar-refractivity contribution in [2.75, 3.05) is 49.9 Å². The first-order chi connectivity index (χ1) is 19.4. The summed E-state index contributed by atoms with van der Waals surface area (Å²) < 4.78 is 0. The number of nitrogens with one attached hydrogen (secondary N) is 3. The van der Waals surface area contributed by atoms with Crippen molar-refractivity contribution in [3.8, 4) is 0 Å². The molecule has 2 aromatic rings. The lowest BCUT2D eigenvalue weighted by atomic mass is 10.1. The first kappa shape index (κ1) is 29.9. The molecule has 2 aliphatic heterocycles. The van der Waals surface area contributed by atoms with Crippen molar-refractivity contribution in [3.05, 3.63) is 60.2 Å². The second-order valence-electron chi connectivity index (χ2n) is 10.1. The number of aliphatic hydroxyl groups excluding tert-OH is 1. The third-order valence-corrected chi connectivity index (χ3v) is 8.79. The molecule has 2 aliphatic rings. The standard InChI is InChI=1S/C29H40N6O4S/c1-2-35-28(39)24(40-29(35)26(30)27(38)32-18-23(36)20-9-4-3-5-10-20)19-31-21-11-8-12-22(17-21)33-25(37)13-16-34-14-6-7-15-34/h3-5,8-12,17,23-24,26,29,31,36H,2,6-7,13-16,18-19,30H2,1H3,(H,32,38)(H,33,37)/t23?,24-,26-,29?/m1/s1. The molecule has 2 heterocycles. The Hall–Kier alpha value is -3.12. The summed E-state index contributed by atoms with van der Waals surface area (Å²) >= 11 is 1.36. The number of likely N-dealkylation sites (tertiary alicyclic amines) is 1. The van der Waals surface area contributed by atoms with E-state index in [9.17, 15) is 19.5 Å². The van der Waals surface area contributed by atoms with Gasteiger partial charge in [0.1, 0.15) is 16.7 Å². The minimum Gasteiger partial charge on any atom is -0.387 e. The summed E-state index contributed by atoms with van der Waals surface area (Å²) in [5, 5.41) is 18.4. The van der Waals surface area contributed by atoms with Gasteiger partial charge in [-0.1, -0.05) is 36.4 Å². The van der Waals surface area contributed by atoms with Gasteiger partial charge in [-0.2, -0.15) is 0 Å². The van der Waals surface area contributed by atoms with Crippen LogP contribution in [0, 0.1) is 0 Å². The molecular weight excluding hydrogens is 528 g/mol. The molecule has 0 bridgehead atoms. The van der Waals surface area contributed by atoms with Crippen molar-refractivity contribution >= 4 is 40.9 Å². The quantitative estimate of drug-likeness (QED) is 0.247. The predicted molar refractivity (Wildman–Crippen MR) is 159 cm³/mol. The zero-order valence-corrected chi connectivity index (χ0v) is 23.7. The van der Waals surface area contributed by atoms with Crippen LogP contribution in [-0.4, -0.2) is 88.6 Å². The average Bonchev–Trinajstić information content (AvgIpc) is 3.61. The van der Waals surface area contributed by atoms with E-state index in [0.29, 0.717) is 30.8 Å². The van der Waals surface area contributed by atoms with Gasteiger partial charge in [0.25, 0.3) is 0 Å². The maximum atomic E-state index is 13.1. The zero-order valence-electron chi connectivity index (χ0n) is 22.9. The molecule has 0 spiro atoms. The van der Waals surface area contributed by atoms with E-state index in [4.69, 9.17) is 5.73 Å². The molecular formula is C29H40N6O4S. The number of rotatable bonds is 13. The van der Waals surface area contributed by atoms with E-state index < -0.39 is 28.7 Å². The fraction of sp³-hybridized carbons (Fsp3) is 0.483. The second kappa shape index (κ2) is 14.5. The molecule has 6 N–H and O–H groups in total. The molecule has 2 unspecified atom stereocenters. The number of carbonyl (C=O) groups excluding carboxylic acids is 3. The maximum absolute atomic E-state index is 13.1. The summed E-state index contributed by atoms with van der Waals surface area (Å²) in [7, 11) is 0. The van der Waals surface area contributed by atoms with Crippen LogP contribution in [0.4, 0.5) is 11.4 Å². The molecule has 0 radical (unpaired) electrons. The molecule has 2 aromatic carbocycles. The summed E-state index contributed by atoms with van der Waals surface area (Å²) in [6.45, 7) is 5.57. The van der Waals surface area contributed by atoms with E-state index in [0.717, 1.165) is 25.3 Å². The molecule has 11 heteroatoms. The van der Waals surface area contributed by atoms with Crippen LogP contribution < -0.4 is 21.7 Å². The highest BCUT2D eigenvalue weighted by molar-refractivity contribution is 8.01. The van der Waals surface area contributed by atoms with Gasteiger partial charge < -0.3 is 36.6 Å². The Morgan fingerprint density at radius 2 is 1.82 bits per heavy atom. The smallest absolute Gasteiger partial charge is 0.240 e.